The molecule has 2 aromatic carbocycles. The van der Waals surface area contributed by atoms with Gasteiger partial charge in [0.05, 0.1) is 12.1 Å². The molecular weight excluding hydrogens is 344 g/mol. The van der Waals surface area contributed by atoms with Crippen molar-refractivity contribution in [3.8, 4) is 0 Å². The summed E-state index contributed by atoms with van der Waals surface area (Å²) in [7, 11) is 0. The van der Waals surface area contributed by atoms with E-state index in [1.54, 1.807) is 6.08 Å². The van der Waals surface area contributed by atoms with Crippen molar-refractivity contribution >= 4 is 5.78 Å². The Kier molecular flexibility index (Phi) is 7.12. The Bertz CT molecular complexity index is 813. The molecule has 2 aromatic rings. The SMILES string of the molecule is C=CCN(Cc1ccccc1)[C@H]1C=CC(=O)[C@@H]1N(CC=C)Cc1ccccc1. The first kappa shape index (κ1) is 20.0. The Labute approximate surface area is 168 Å². The van der Waals surface area contributed by atoms with Crippen molar-refractivity contribution in [2.45, 2.75) is 25.2 Å². The van der Waals surface area contributed by atoms with Crippen LogP contribution in [0.3, 0.4) is 0 Å². The lowest BCUT2D eigenvalue weighted by molar-refractivity contribution is -0.120. The molecule has 0 bridgehead atoms. The maximum atomic E-state index is 12.8. The molecule has 1 aliphatic rings. The monoisotopic (exact) mass is 372 g/mol. The minimum absolute atomic E-state index is 0.00867. The van der Waals surface area contributed by atoms with Crippen molar-refractivity contribution in [1.29, 1.82) is 0 Å². The molecule has 0 N–H and O–H groups in total. The van der Waals surface area contributed by atoms with Crippen LogP contribution in [0.5, 0.6) is 0 Å². The van der Waals surface area contributed by atoms with Gasteiger partial charge < -0.3 is 0 Å². The van der Waals surface area contributed by atoms with Gasteiger partial charge in [0, 0.05) is 26.2 Å². The van der Waals surface area contributed by atoms with Crippen LogP contribution in [0, 0.1) is 0 Å². The lowest BCUT2D eigenvalue weighted by Crippen LogP contribution is -2.51. The highest BCUT2D eigenvalue weighted by molar-refractivity contribution is 5.98. The molecule has 0 saturated heterocycles. The number of hydrogen-bond acceptors (Lipinski definition) is 3. The molecule has 28 heavy (non-hydrogen) atoms. The number of ketones is 1. The molecule has 0 unspecified atom stereocenters. The molecule has 0 fully saturated rings. The quantitative estimate of drug-likeness (QED) is 0.583. The highest BCUT2D eigenvalue weighted by atomic mass is 16.1. The normalized spacial score (nSPS) is 18.7. The van der Waals surface area contributed by atoms with E-state index in [0.717, 1.165) is 13.1 Å². The van der Waals surface area contributed by atoms with Crippen molar-refractivity contribution in [3.05, 3.63) is 109 Å². The van der Waals surface area contributed by atoms with Gasteiger partial charge in [-0.05, 0) is 17.2 Å². The fourth-order valence-corrected chi connectivity index (χ4v) is 3.82. The maximum absolute atomic E-state index is 12.8. The van der Waals surface area contributed by atoms with E-state index < -0.39 is 0 Å². The number of rotatable bonds is 10. The fourth-order valence-electron chi connectivity index (χ4n) is 3.82. The van der Waals surface area contributed by atoms with E-state index in [2.05, 4.69) is 47.2 Å². The van der Waals surface area contributed by atoms with Crippen LogP contribution < -0.4 is 0 Å². The van der Waals surface area contributed by atoms with Crippen LogP contribution in [0.25, 0.3) is 0 Å². The third kappa shape index (κ3) is 4.94. The zero-order valence-electron chi connectivity index (χ0n) is 16.3. The third-order valence-corrected chi connectivity index (χ3v) is 5.07. The van der Waals surface area contributed by atoms with E-state index in [1.807, 2.05) is 54.6 Å². The van der Waals surface area contributed by atoms with E-state index in [4.69, 9.17) is 0 Å². The second kappa shape index (κ2) is 9.98. The first-order valence-electron chi connectivity index (χ1n) is 9.72. The van der Waals surface area contributed by atoms with Gasteiger partial charge in [0.15, 0.2) is 5.78 Å². The van der Waals surface area contributed by atoms with Gasteiger partial charge in [0.2, 0.25) is 0 Å². The summed E-state index contributed by atoms with van der Waals surface area (Å²) in [6, 6.07) is 20.4. The minimum Gasteiger partial charge on any atom is -0.293 e. The smallest absolute Gasteiger partial charge is 0.174 e. The molecule has 0 heterocycles. The Morgan fingerprint density at radius 1 is 0.786 bits per heavy atom. The average Bonchev–Trinajstić information content (AvgIpc) is 3.10. The van der Waals surface area contributed by atoms with Gasteiger partial charge in [-0.15, -0.1) is 13.2 Å². The zero-order chi connectivity index (χ0) is 19.8. The number of carbonyl (C=O) groups is 1. The zero-order valence-corrected chi connectivity index (χ0v) is 16.3. The van der Waals surface area contributed by atoms with E-state index >= 15 is 0 Å². The lowest BCUT2D eigenvalue weighted by atomic mass is 10.0. The summed E-state index contributed by atoms with van der Waals surface area (Å²) in [6.07, 6.45) is 7.56. The molecule has 0 aliphatic heterocycles. The van der Waals surface area contributed by atoms with Crippen LogP contribution in [0.2, 0.25) is 0 Å². The molecule has 0 saturated carbocycles. The van der Waals surface area contributed by atoms with Crippen LogP contribution in [-0.4, -0.2) is 40.8 Å². The molecule has 0 amide bonds. The second-order valence-corrected chi connectivity index (χ2v) is 7.10. The summed E-state index contributed by atoms with van der Waals surface area (Å²) in [5, 5.41) is 0. The van der Waals surface area contributed by atoms with Crippen molar-refractivity contribution in [3.63, 3.8) is 0 Å². The predicted octanol–water partition coefficient (Wildman–Crippen LogP) is 4.24. The molecule has 2 atom stereocenters. The predicted molar refractivity (Wildman–Crippen MR) is 116 cm³/mol. The standard InChI is InChI=1S/C25H28N2O/c1-3-17-26(19-21-11-7-5-8-12-21)23-15-16-24(28)25(23)27(18-4-2)20-22-13-9-6-10-14-22/h3-16,23,25H,1-2,17-20H2/t23-,25+/m0/s1. The number of carbonyl (C=O) groups excluding carboxylic acids is 1. The van der Waals surface area contributed by atoms with Crippen LogP contribution in [-0.2, 0) is 17.9 Å². The van der Waals surface area contributed by atoms with Gasteiger partial charge in [-0.2, -0.15) is 0 Å². The highest BCUT2D eigenvalue weighted by Gasteiger charge is 2.37. The number of benzene rings is 2. The topological polar surface area (TPSA) is 23.6 Å². The molecular formula is C25H28N2O. The summed E-state index contributed by atoms with van der Waals surface area (Å²) in [5.74, 6) is 0.157. The van der Waals surface area contributed by atoms with Gasteiger partial charge >= 0.3 is 0 Å². The summed E-state index contributed by atoms with van der Waals surface area (Å²) >= 11 is 0. The molecule has 0 radical (unpaired) electrons. The molecule has 3 rings (SSSR count). The van der Waals surface area contributed by atoms with Gasteiger partial charge in [0.25, 0.3) is 0 Å². The summed E-state index contributed by atoms with van der Waals surface area (Å²) in [6.45, 7) is 10.7. The summed E-state index contributed by atoms with van der Waals surface area (Å²) in [5.41, 5.74) is 2.43. The Hall–Kier alpha value is -2.75. The minimum atomic E-state index is -0.220. The molecule has 0 aromatic heterocycles. The van der Waals surface area contributed by atoms with Gasteiger partial charge in [-0.1, -0.05) is 78.9 Å². The van der Waals surface area contributed by atoms with Crippen molar-refractivity contribution in [1.82, 2.24) is 9.80 Å². The first-order chi connectivity index (χ1) is 13.7. The van der Waals surface area contributed by atoms with Crippen molar-refractivity contribution in [2.75, 3.05) is 13.1 Å². The first-order valence-corrected chi connectivity index (χ1v) is 9.72. The Morgan fingerprint density at radius 2 is 1.29 bits per heavy atom. The van der Waals surface area contributed by atoms with E-state index in [0.29, 0.717) is 13.1 Å². The van der Waals surface area contributed by atoms with Gasteiger partial charge in [-0.3, -0.25) is 14.6 Å². The highest BCUT2D eigenvalue weighted by Crippen LogP contribution is 2.24. The van der Waals surface area contributed by atoms with Gasteiger partial charge in [-0.25, -0.2) is 0 Å². The van der Waals surface area contributed by atoms with Crippen LogP contribution in [0.4, 0.5) is 0 Å². The van der Waals surface area contributed by atoms with E-state index in [1.165, 1.54) is 11.1 Å². The maximum Gasteiger partial charge on any atom is 0.174 e. The Morgan fingerprint density at radius 3 is 1.82 bits per heavy atom. The molecule has 0 spiro atoms. The summed E-state index contributed by atoms with van der Waals surface area (Å²) < 4.78 is 0. The van der Waals surface area contributed by atoms with Crippen LogP contribution >= 0.6 is 0 Å². The molecule has 3 heteroatoms. The number of nitrogens with zero attached hydrogens (tertiary/aromatic N) is 2. The van der Waals surface area contributed by atoms with Crippen molar-refractivity contribution in [2.24, 2.45) is 0 Å². The number of hydrogen-bond donors (Lipinski definition) is 0. The molecule has 1 aliphatic carbocycles. The Balaban J connectivity index is 1.84. The van der Waals surface area contributed by atoms with E-state index in [-0.39, 0.29) is 17.9 Å². The van der Waals surface area contributed by atoms with Crippen molar-refractivity contribution < 1.29 is 4.79 Å². The van der Waals surface area contributed by atoms with Crippen LogP contribution in [0.15, 0.2) is 98.1 Å². The lowest BCUT2D eigenvalue weighted by Gasteiger charge is -2.37. The average molecular weight is 373 g/mol. The molecule has 144 valence electrons. The second-order valence-electron chi connectivity index (χ2n) is 7.10. The third-order valence-electron chi connectivity index (χ3n) is 5.07. The molecule has 3 nitrogen and oxygen atoms in total. The van der Waals surface area contributed by atoms with E-state index in [9.17, 15) is 4.79 Å². The fraction of sp³-hybridized carbons (Fsp3) is 0.240. The summed E-state index contributed by atoms with van der Waals surface area (Å²) in [4.78, 5) is 17.4. The largest absolute Gasteiger partial charge is 0.293 e. The van der Waals surface area contributed by atoms with Gasteiger partial charge in [0.1, 0.15) is 0 Å². The van der Waals surface area contributed by atoms with Crippen LogP contribution in [0.1, 0.15) is 11.1 Å².